The van der Waals surface area contributed by atoms with Crippen LogP contribution >= 0.6 is 0 Å². The van der Waals surface area contributed by atoms with Gasteiger partial charge in [-0.1, -0.05) is 18.2 Å². The zero-order chi connectivity index (χ0) is 13.3. The average Bonchev–Trinajstić information content (AvgIpc) is 2.31. The molecule has 0 unspecified atom stereocenters. The van der Waals surface area contributed by atoms with E-state index in [0.29, 0.717) is 16.5 Å². The molecule has 0 saturated carbocycles. The van der Waals surface area contributed by atoms with Crippen molar-refractivity contribution in [3.63, 3.8) is 0 Å². The molecule has 0 aliphatic carbocycles. The van der Waals surface area contributed by atoms with Gasteiger partial charge in [0.2, 0.25) is 0 Å². The summed E-state index contributed by atoms with van der Waals surface area (Å²) in [5.41, 5.74) is 6.33. The lowest BCUT2D eigenvalue weighted by molar-refractivity contribution is -0.136. The van der Waals surface area contributed by atoms with E-state index in [9.17, 15) is 9.90 Å². The Balaban J connectivity index is 2.66. The van der Waals surface area contributed by atoms with Gasteiger partial charge in [-0.15, -0.1) is 0 Å². The van der Waals surface area contributed by atoms with Crippen LogP contribution in [0.3, 0.4) is 0 Å². The van der Waals surface area contributed by atoms with Crippen LogP contribution in [0.4, 0.5) is 0 Å². The summed E-state index contributed by atoms with van der Waals surface area (Å²) in [6.07, 6.45) is -0.247. The van der Waals surface area contributed by atoms with Crippen LogP contribution in [0, 0.1) is 5.41 Å². The summed E-state index contributed by atoms with van der Waals surface area (Å²) < 4.78 is 0. The predicted octanol–water partition coefficient (Wildman–Crippen LogP) is 1.46. The first-order valence-electron chi connectivity index (χ1n) is 5.30. The molecule has 0 saturated heterocycles. The number of phenols is 1. The van der Waals surface area contributed by atoms with Crippen molar-refractivity contribution in [2.45, 2.75) is 6.42 Å². The maximum Gasteiger partial charge on any atom is 0.307 e. The Morgan fingerprint density at radius 1 is 1.28 bits per heavy atom. The quantitative estimate of drug-likeness (QED) is 0.484. The molecular weight excluding hydrogens is 232 g/mol. The molecule has 0 aliphatic rings. The number of carbonyl (C=O) groups is 1. The largest absolute Gasteiger partial charge is 0.508 e. The number of rotatable bonds is 3. The minimum absolute atomic E-state index is 0.0412. The van der Waals surface area contributed by atoms with Crippen LogP contribution in [0.25, 0.3) is 10.8 Å². The number of carboxylic acids is 1. The Morgan fingerprint density at radius 2 is 2.00 bits per heavy atom. The summed E-state index contributed by atoms with van der Waals surface area (Å²) >= 11 is 0. The molecule has 0 radical (unpaired) electrons. The molecule has 0 aromatic heterocycles. The van der Waals surface area contributed by atoms with E-state index < -0.39 is 5.97 Å². The third-order valence-corrected chi connectivity index (χ3v) is 2.75. The van der Waals surface area contributed by atoms with Crippen molar-refractivity contribution in [2.75, 3.05) is 0 Å². The zero-order valence-corrected chi connectivity index (χ0v) is 9.47. The van der Waals surface area contributed by atoms with Gasteiger partial charge in [0, 0.05) is 11.1 Å². The number of benzene rings is 2. The molecule has 5 heteroatoms. The van der Waals surface area contributed by atoms with Crippen molar-refractivity contribution in [1.29, 1.82) is 5.41 Å². The fourth-order valence-corrected chi connectivity index (χ4v) is 1.89. The highest BCUT2D eigenvalue weighted by molar-refractivity contribution is 6.00. The second kappa shape index (κ2) is 4.37. The zero-order valence-electron chi connectivity index (χ0n) is 9.47. The lowest BCUT2D eigenvalue weighted by atomic mass is 9.99. The first-order chi connectivity index (χ1) is 8.49. The molecule has 0 spiro atoms. The summed E-state index contributed by atoms with van der Waals surface area (Å²) in [5.74, 6) is -1.10. The normalized spacial score (nSPS) is 10.4. The Bertz CT molecular complexity index is 650. The van der Waals surface area contributed by atoms with Crippen molar-refractivity contribution < 1.29 is 15.0 Å². The number of fused-ring (bicyclic) bond motifs is 1. The SMILES string of the molecule is N=C(N)c1ccc2c(CC(=O)O)c(O)ccc2c1. The van der Waals surface area contributed by atoms with Crippen molar-refractivity contribution in [3.8, 4) is 5.75 Å². The number of aliphatic carboxylic acids is 1. The second-order valence-corrected chi connectivity index (χ2v) is 3.98. The standard InChI is InChI=1S/C13H12N2O3/c14-13(15)8-1-3-9-7(5-8)2-4-11(16)10(9)6-12(17)18/h1-5,16H,6H2,(H3,14,15)(H,17,18). The minimum atomic E-state index is -1.01. The molecule has 0 bridgehead atoms. The number of carboxylic acid groups (broad SMARTS) is 1. The van der Waals surface area contributed by atoms with Gasteiger partial charge < -0.3 is 15.9 Å². The number of aromatic hydroxyl groups is 1. The predicted molar refractivity (Wildman–Crippen MR) is 68.0 cm³/mol. The third-order valence-electron chi connectivity index (χ3n) is 2.75. The van der Waals surface area contributed by atoms with Gasteiger partial charge in [0.15, 0.2) is 0 Å². The molecule has 18 heavy (non-hydrogen) atoms. The van der Waals surface area contributed by atoms with Crippen LogP contribution in [0.15, 0.2) is 30.3 Å². The smallest absolute Gasteiger partial charge is 0.307 e. The number of hydrogen-bond donors (Lipinski definition) is 4. The lowest BCUT2D eigenvalue weighted by Gasteiger charge is -2.08. The molecule has 0 fully saturated rings. The van der Waals surface area contributed by atoms with Gasteiger partial charge in [0.1, 0.15) is 11.6 Å². The summed E-state index contributed by atoms with van der Waals surface area (Å²) in [7, 11) is 0. The van der Waals surface area contributed by atoms with Crippen LogP contribution in [-0.4, -0.2) is 22.0 Å². The maximum absolute atomic E-state index is 10.8. The number of phenolic OH excluding ortho intramolecular Hbond substituents is 1. The number of amidine groups is 1. The van der Waals surface area contributed by atoms with E-state index in [4.69, 9.17) is 16.2 Å². The van der Waals surface area contributed by atoms with Crippen molar-refractivity contribution >= 4 is 22.6 Å². The number of hydrogen-bond acceptors (Lipinski definition) is 3. The van der Waals surface area contributed by atoms with Crippen molar-refractivity contribution in [2.24, 2.45) is 5.73 Å². The molecule has 0 aliphatic heterocycles. The monoisotopic (exact) mass is 244 g/mol. The maximum atomic E-state index is 10.8. The summed E-state index contributed by atoms with van der Waals surface area (Å²) in [6, 6.07) is 8.12. The summed E-state index contributed by atoms with van der Waals surface area (Å²) in [6.45, 7) is 0. The Labute approximate surface area is 103 Å². The van der Waals surface area contributed by atoms with E-state index in [1.807, 2.05) is 0 Å². The minimum Gasteiger partial charge on any atom is -0.508 e. The summed E-state index contributed by atoms with van der Waals surface area (Å²) in [4.78, 5) is 10.8. The fraction of sp³-hybridized carbons (Fsp3) is 0.0769. The van der Waals surface area contributed by atoms with Gasteiger partial charge in [-0.05, 0) is 22.9 Å². The van der Waals surface area contributed by atoms with E-state index in [2.05, 4.69) is 0 Å². The highest BCUT2D eigenvalue weighted by atomic mass is 16.4. The van der Waals surface area contributed by atoms with Gasteiger partial charge in [-0.3, -0.25) is 10.2 Å². The Kier molecular flexibility index (Phi) is 2.89. The van der Waals surface area contributed by atoms with Gasteiger partial charge in [0.25, 0.3) is 0 Å². The first-order valence-corrected chi connectivity index (χ1v) is 5.30. The van der Waals surface area contributed by atoms with E-state index in [0.717, 1.165) is 5.39 Å². The van der Waals surface area contributed by atoms with Gasteiger partial charge in [-0.25, -0.2) is 0 Å². The summed E-state index contributed by atoms with van der Waals surface area (Å²) in [5, 5.41) is 27.3. The van der Waals surface area contributed by atoms with E-state index in [-0.39, 0.29) is 18.0 Å². The molecule has 0 amide bonds. The van der Waals surface area contributed by atoms with Crippen LogP contribution in [-0.2, 0) is 11.2 Å². The van der Waals surface area contributed by atoms with Crippen LogP contribution in [0.1, 0.15) is 11.1 Å². The van der Waals surface area contributed by atoms with Crippen molar-refractivity contribution in [3.05, 3.63) is 41.5 Å². The Morgan fingerprint density at radius 3 is 2.61 bits per heavy atom. The fourth-order valence-electron chi connectivity index (χ4n) is 1.89. The van der Waals surface area contributed by atoms with Gasteiger partial charge in [-0.2, -0.15) is 0 Å². The van der Waals surface area contributed by atoms with Crippen molar-refractivity contribution in [1.82, 2.24) is 0 Å². The average molecular weight is 244 g/mol. The number of nitrogen functional groups attached to an aromatic ring is 1. The molecule has 2 rings (SSSR count). The van der Waals surface area contributed by atoms with Crippen LogP contribution in [0.5, 0.6) is 5.75 Å². The molecule has 5 nitrogen and oxygen atoms in total. The highest BCUT2D eigenvalue weighted by Crippen LogP contribution is 2.28. The highest BCUT2D eigenvalue weighted by Gasteiger charge is 2.11. The Hall–Kier alpha value is -2.56. The molecule has 2 aromatic rings. The molecule has 92 valence electrons. The number of nitrogens with one attached hydrogen (secondary N) is 1. The molecular formula is C13H12N2O3. The van der Waals surface area contributed by atoms with Crippen LogP contribution in [0.2, 0.25) is 0 Å². The third kappa shape index (κ3) is 2.10. The van der Waals surface area contributed by atoms with Crippen LogP contribution < -0.4 is 5.73 Å². The van der Waals surface area contributed by atoms with Gasteiger partial charge in [0.05, 0.1) is 6.42 Å². The van der Waals surface area contributed by atoms with E-state index in [1.54, 1.807) is 24.3 Å². The molecule has 2 aromatic carbocycles. The van der Waals surface area contributed by atoms with E-state index in [1.165, 1.54) is 6.07 Å². The molecule has 0 atom stereocenters. The second-order valence-electron chi connectivity index (χ2n) is 3.98. The molecule has 5 N–H and O–H groups in total. The lowest BCUT2D eigenvalue weighted by Crippen LogP contribution is -2.10. The van der Waals surface area contributed by atoms with Gasteiger partial charge >= 0.3 is 5.97 Å². The number of nitrogens with two attached hydrogens (primary N) is 1. The molecule has 0 heterocycles. The first kappa shape index (κ1) is 11.9. The van der Waals surface area contributed by atoms with E-state index >= 15 is 0 Å². The topological polar surface area (TPSA) is 107 Å².